The highest BCUT2D eigenvalue weighted by atomic mass is 16.5. The Bertz CT molecular complexity index is 888. The SMILES string of the molecule is O=C(Nc1cccc(CNc2noc(-c3ccccc3)n2)c1)C1CCC1. The number of anilines is 2. The van der Waals surface area contributed by atoms with E-state index in [0.717, 1.165) is 36.1 Å². The van der Waals surface area contributed by atoms with Crippen LogP contribution in [-0.4, -0.2) is 16.0 Å². The van der Waals surface area contributed by atoms with Crippen molar-refractivity contribution in [2.24, 2.45) is 5.92 Å². The normalized spacial score (nSPS) is 13.8. The van der Waals surface area contributed by atoms with E-state index in [0.29, 0.717) is 18.4 Å². The van der Waals surface area contributed by atoms with Crippen molar-refractivity contribution in [2.75, 3.05) is 10.6 Å². The van der Waals surface area contributed by atoms with Gasteiger partial charge in [0.15, 0.2) is 0 Å². The zero-order valence-electron chi connectivity index (χ0n) is 14.3. The van der Waals surface area contributed by atoms with Gasteiger partial charge in [-0.05, 0) is 47.8 Å². The average molecular weight is 348 g/mol. The van der Waals surface area contributed by atoms with Gasteiger partial charge < -0.3 is 15.2 Å². The van der Waals surface area contributed by atoms with E-state index >= 15 is 0 Å². The van der Waals surface area contributed by atoms with Crippen LogP contribution in [-0.2, 0) is 11.3 Å². The van der Waals surface area contributed by atoms with E-state index in [1.54, 1.807) is 0 Å². The minimum Gasteiger partial charge on any atom is -0.347 e. The number of carbonyl (C=O) groups is 1. The zero-order valence-corrected chi connectivity index (χ0v) is 14.3. The lowest BCUT2D eigenvalue weighted by Crippen LogP contribution is -2.28. The van der Waals surface area contributed by atoms with Gasteiger partial charge in [-0.3, -0.25) is 4.79 Å². The van der Waals surface area contributed by atoms with Crippen molar-refractivity contribution in [1.29, 1.82) is 0 Å². The van der Waals surface area contributed by atoms with Gasteiger partial charge in [0.05, 0.1) is 0 Å². The molecule has 1 aliphatic rings. The van der Waals surface area contributed by atoms with E-state index in [1.165, 1.54) is 0 Å². The Morgan fingerprint density at radius 1 is 1.12 bits per heavy atom. The quantitative estimate of drug-likeness (QED) is 0.701. The summed E-state index contributed by atoms with van der Waals surface area (Å²) in [6.07, 6.45) is 3.14. The summed E-state index contributed by atoms with van der Waals surface area (Å²) in [5.74, 6) is 1.21. The maximum atomic E-state index is 12.1. The van der Waals surface area contributed by atoms with Gasteiger partial charge in [0.25, 0.3) is 11.8 Å². The Balaban J connectivity index is 1.37. The number of rotatable bonds is 6. The predicted molar refractivity (Wildman–Crippen MR) is 99.5 cm³/mol. The summed E-state index contributed by atoms with van der Waals surface area (Å²) < 4.78 is 5.28. The molecule has 0 spiro atoms. The number of hydrogen-bond acceptors (Lipinski definition) is 5. The lowest BCUT2D eigenvalue weighted by Gasteiger charge is -2.24. The zero-order chi connectivity index (χ0) is 17.8. The second kappa shape index (κ2) is 7.39. The molecule has 6 heteroatoms. The van der Waals surface area contributed by atoms with Crippen molar-refractivity contribution >= 4 is 17.5 Å². The number of nitrogens with zero attached hydrogens (tertiary/aromatic N) is 2. The number of aromatic nitrogens is 2. The third-order valence-corrected chi connectivity index (χ3v) is 4.57. The Kier molecular flexibility index (Phi) is 4.64. The highest BCUT2D eigenvalue weighted by molar-refractivity contribution is 5.93. The van der Waals surface area contributed by atoms with Crippen LogP contribution in [0.3, 0.4) is 0 Å². The smallest absolute Gasteiger partial charge is 0.264 e. The molecular formula is C20H20N4O2. The van der Waals surface area contributed by atoms with Crippen LogP contribution in [0, 0.1) is 5.92 Å². The fourth-order valence-electron chi connectivity index (χ4n) is 2.85. The first-order chi connectivity index (χ1) is 12.8. The second-order valence-corrected chi connectivity index (χ2v) is 6.46. The van der Waals surface area contributed by atoms with E-state index in [9.17, 15) is 4.79 Å². The molecule has 1 saturated carbocycles. The van der Waals surface area contributed by atoms with Crippen LogP contribution in [0.5, 0.6) is 0 Å². The van der Waals surface area contributed by atoms with Gasteiger partial charge in [-0.25, -0.2) is 0 Å². The topological polar surface area (TPSA) is 80.0 Å². The minimum atomic E-state index is 0.118. The predicted octanol–water partition coefficient (Wildman–Crippen LogP) is 4.09. The summed E-state index contributed by atoms with van der Waals surface area (Å²) in [6, 6.07) is 17.4. The molecule has 0 unspecified atom stereocenters. The van der Waals surface area contributed by atoms with E-state index in [1.807, 2.05) is 54.6 Å². The highest BCUT2D eigenvalue weighted by Crippen LogP contribution is 2.27. The molecule has 1 heterocycles. The molecule has 132 valence electrons. The second-order valence-electron chi connectivity index (χ2n) is 6.46. The number of carbonyl (C=O) groups excluding carboxylic acids is 1. The minimum absolute atomic E-state index is 0.118. The summed E-state index contributed by atoms with van der Waals surface area (Å²) in [5.41, 5.74) is 2.73. The molecule has 26 heavy (non-hydrogen) atoms. The van der Waals surface area contributed by atoms with Crippen molar-refractivity contribution in [3.63, 3.8) is 0 Å². The van der Waals surface area contributed by atoms with Crippen LogP contribution in [0.4, 0.5) is 11.6 Å². The molecule has 2 N–H and O–H groups in total. The maximum absolute atomic E-state index is 12.1. The molecule has 2 aromatic carbocycles. The summed E-state index contributed by atoms with van der Waals surface area (Å²) in [5, 5.41) is 10.1. The first-order valence-electron chi connectivity index (χ1n) is 8.81. The molecule has 0 aliphatic heterocycles. The molecule has 4 rings (SSSR count). The van der Waals surface area contributed by atoms with E-state index in [2.05, 4.69) is 20.8 Å². The Labute approximate surface area is 151 Å². The lowest BCUT2D eigenvalue weighted by atomic mass is 9.85. The lowest BCUT2D eigenvalue weighted by molar-refractivity contribution is -0.122. The fraction of sp³-hybridized carbons (Fsp3) is 0.250. The van der Waals surface area contributed by atoms with Crippen molar-refractivity contribution in [1.82, 2.24) is 10.1 Å². The van der Waals surface area contributed by atoms with E-state index < -0.39 is 0 Å². The molecule has 1 fully saturated rings. The number of nitrogens with one attached hydrogen (secondary N) is 2. The van der Waals surface area contributed by atoms with Crippen LogP contribution in [0.1, 0.15) is 24.8 Å². The van der Waals surface area contributed by atoms with Crippen LogP contribution in [0.15, 0.2) is 59.1 Å². The largest absolute Gasteiger partial charge is 0.347 e. The Morgan fingerprint density at radius 2 is 1.96 bits per heavy atom. The number of benzene rings is 2. The van der Waals surface area contributed by atoms with Crippen LogP contribution < -0.4 is 10.6 Å². The van der Waals surface area contributed by atoms with Gasteiger partial charge in [0, 0.05) is 23.7 Å². The molecule has 3 aromatic rings. The third-order valence-electron chi connectivity index (χ3n) is 4.57. The van der Waals surface area contributed by atoms with Gasteiger partial charge in [-0.2, -0.15) is 4.98 Å². The van der Waals surface area contributed by atoms with Gasteiger partial charge >= 0.3 is 0 Å². The molecule has 0 atom stereocenters. The monoisotopic (exact) mass is 348 g/mol. The number of amides is 1. The van der Waals surface area contributed by atoms with E-state index in [-0.39, 0.29) is 11.8 Å². The molecule has 0 radical (unpaired) electrons. The maximum Gasteiger partial charge on any atom is 0.264 e. The highest BCUT2D eigenvalue weighted by Gasteiger charge is 2.25. The summed E-state index contributed by atoms with van der Waals surface area (Å²) >= 11 is 0. The molecule has 1 aromatic heterocycles. The van der Waals surface area contributed by atoms with Crippen LogP contribution >= 0.6 is 0 Å². The van der Waals surface area contributed by atoms with Gasteiger partial charge in [-0.1, -0.05) is 36.8 Å². The molecule has 1 aliphatic carbocycles. The molecule has 0 bridgehead atoms. The van der Waals surface area contributed by atoms with Gasteiger partial charge in [-0.15, -0.1) is 0 Å². The first-order valence-corrected chi connectivity index (χ1v) is 8.81. The molecular weight excluding hydrogens is 328 g/mol. The molecule has 6 nitrogen and oxygen atoms in total. The van der Waals surface area contributed by atoms with Crippen molar-refractivity contribution in [3.05, 3.63) is 60.2 Å². The molecule has 1 amide bonds. The first kappa shape index (κ1) is 16.3. The van der Waals surface area contributed by atoms with Crippen molar-refractivity contribution in [3.8, 4) is 11.5 Å². The summed E-state index contributed by atoms with van der Waals surface area (Å²) in [7, 11) is 0. The number of hydrogen-bond donors (Lipinski definition) is 2. The van der Waals surface area contributed by atoms with E-state index in [4.69, 9.17) is 4.52 Å². The fourth-order valence-corrected chi connectivity index (χ4v) is 2.85. The van der Waals surface area contributed by atoms with Crippen molar-refractivity contribution in [2.45, 2.75) is 25.8 Å². The summed E-state index contributed by atoms with van der Waals surface area (Å²) in [4.78, 5) is 16.4. The van der Waals surface area contributed by atoms with Gasteiger partial charge in [0.1, 0.15) is 0 Å². The van der Waals surface area contributed by atoms with Crippen LogP contribution in [0.2, 0.25) is 0 Å². The van der Waals surface area contributed by atoms with Crippen molar-refractivity contribution < 1.29 is 9.32 Å². The molecule has 0 saturated heterocycles. The van der Waals surface area contributed by atoms with Gasteiger partial charge in [0.2, 0.25) is 5.91 Å². The van der Waals surface area contributed by atoms with Crippen LogP contribution in [0.25, 0.3) is 11.5 Å². The summed E-state index contributed by atoms with van der Waals surface area (Å²) in [6.45, 7) is 0.543. The third kappa shape index (κ3) is 3.74. The Hall–Kier alpha value is -3.15. The average Bonchev–Trinajstić information content (AvgIpc) is 3.08. The standard InChI is InChI=1S/C20H20N4O2/c25-18(15-9-5-10-15)22-17-11-4-6-14(12-17)13-21-20-23-19(26-24-20)16-7-2-1-3-8-16/h1-4,6-8,11-12,15H,5,9-10,13H2,(H,21,24)(H,22,25). The Morgan fingerprint density at radius 3 is 2.73 bits per heavy atom.